The van der Waals surface area contributed by atoms with Crippen LogP contribution >= 0.6 is 23.2 Å². The molecule has 0 spiro atoms. The number of carboxylic acids is 1. The van der Waals surface area contributed by atoms with Crippen LogP contribution in [0.5, 0.6) is 11.5 Å². The molecule has 6 nitrogen and oxygen atoms in total. The van der Waals surface area contributed by atoms with Crippen molar-refractivity contribution < 1.29 is 24.5 Å². The zero-order valence-electron chi connectivity index (χ0n) is 12.4. The first-order valence-electron chi connectivity index (χ1n) is 6.77. The average molecular weight is 370 g/mol. The van der Waals surface area contributed by atoms with Gasteiger partial charge in [-0.2, -0.15) is 0 Å². The van der Waals surface area contributed by atoms with Crippen LogP contribution in [0.25, 0.3) is 0 Å². The summed E-state index contributed by atoms with van der Waals surface area (Å²) in [6.45, 7) is 1.49. The number of carboxylic acid groups (broad SMARTS) is 1. The number of aromatic hydroxyl groups is 1. The number of hydrogen-bond acceptors (Lipinski definition) is 4. The predicted octanol–water partition coefficient (Wildman–Crippen LogP) is 3.80. The lowest BCUT2D eigenvalue weighted by atomic mass is 10.1. The highest BCUT2D eigenvalue weighted by Gasteiger charge is 2.19. The van der Waals surface area contributed by atoms with Crippen LogP contribution in [0.4, 0.5) is 5.69 Å². The lowest BCUT2D eigenvalue weighted by Crippen LogP contribution is -2.30. The minimum Gasteiger partial charge on any atom is -0.508 e. The Kier molecular flexibility index (Phi) is 5.54. The van der Waals surface area contributed by atoms with E-state index in [4.69, 9.17) is 33.0 Å². The van der Waals surface area contributed by atoms with Gasteiger partial charge in [-0.25, -0.2) is 4.79 Å². The van der Waals surface area contributed by atoms with Crippen LogP contribution in [0.2, 0.25) is 10.0 Å². The molecule has 2 rings (SSSR count). The zero-order valence-corrected chi connectivity index (χ0v) is 13.9. The summed E-state index contributed by atoms with van der Waals surface area (Å²) in [7, 11) is 0. The number of phenols is 1. The minimum absolute atomic E-state index is 0.0444. The SMILES string of the molecule is C[C@H](Oc1ccc(Cl)cc1Cl)C(=O)Nc1ccc(O)cc1C(=O)O. The molecule has 2 aromatic rings. The number of carbonyl (C=O) groups excluding carboxylic acids is 1. The highest BCUT2D eigenvalue weighted by molar-refractivity contribution is 6.35. The number of halogens is 2. The number of aromatic carboxylic acids is 1. The van der Waals surface area contributed by atoms with Gasteiger partial charge >= 0.3 is 5.97 Å². The topological polar surface area (TPSA) is 95.9 Å². The number of ether oxygens (including phenoxy) is 1. The maximum atomic E-state index is 12.2. The maximum Gasteiger partial charge on any atom is 0.337 e. The summed E-state index contributed by atoms with van der Waals surface area (Å²) in [6, 6.07) is 8.17. The van der Waals surface area contributed by atoms with Crippen LogP contribution in [0.1, 0.15) is 17.3 Å². The molecule has 1 amide bonds. The van der Waals surface area contributed by atoms with Gasteiger partial charge in [0.05, 0.1) is 16.3 Å². The van der Waals surface area contributed by atoms with Crippen molar-refractivity contribution in [1.82, 2.24) is 0 Å². The van der Waals surface area contributed by atoms with E-state index in [1.165, 1.54) is 31.2 Å². The Bertz CT molecular complexity index is 794. The Balaban J connectivity index is 2.13. The summed E-state index contributed by atoms with van der Waals surface area (Å²) in [6.07, 6.45) is -0.945. The number of hydrogen-bond donors (Lipinski definition) is 3. The average Bonchev–Trinajstić information content (AvgIpc) is 2.51. The van der Waals surface area contributed by atoms with E-state index in [0.717, 1.165) is 6.07 Å². The fourth-order valence-corrected chi connectivity index (χ4v) is 2.32. The van der Waals surface area contributed by atoms with E-state index in [-0.39, 0.29) is 27.8 Å². The van der Waals surface area contributed by atoms with E-state index < -0.39 is 18.0 Å². The molecule has 0 aromatic heterocycles. The number of anilines is 1. The number of carbonyl (C=O) groups is 2. The minimum atomic E-state index is -1.28. The molecule has 8 heteroatoms. The standard InChI is InChI=1S/C16H13Cl2NO5/c1-8(24-14-5-2-9(17)6-12(14)18)15(21)19-13-4-3-10(20)7-11(13)16(22)23/h2-8,20H,1H3,(H,19,21)(H,22,23)/t8-/m0/s1. The van der Waals surface area contributed by atoms with E-state index >= 15 is 0 Å². The van der Waals surface area contributed by atoms with E-state index in [9.17, 15) is 14.7 Å². The normalized spacial score (nSPS) is 11.6. The van der Waals surface area contributed by atoms with E-state index in [2.05, 4.69) is 5.32 Å². The third-order valence-corrected chi connectivity index (χ3v) is 3.59. The monoisotopic (exact) mass is 369 g/mol. The molecule has 0 heterocycles. The van der Waals surface area contributed by atoms with Crippen LogP contribution in [-0.4, -0.2) is 28.2 Å². The van der Waals surface area contributed by atoms with E-state index in [1.807, 2.05) is 0 Å². The molecule has 126 valence electrons. The molecule has 3 N–H and O–H groups in total. The van der Waals surface area contributed by atoms with Gasteiger partial charge in [-0.1, -0.05) is 23.2 Å². The fraction of sp³-hybridized carbons (Fsp3) is 0.125. The van der Waals surface area contributed by atoms with Crippen molar-refractivity contribution in [2.24, 2.45) is 0 Å². The van der Waals surface area contributed by atoms with Gasteiger partial charge in [0.25, 0.3) is 5.91 Å². The highest BCUT2D eigenvalue weighted by Crippen LogP contribution is 2.28. The van der Waals surface area contributed by atoms with Crippen LogP contribution < -0.4 is 10.1 Å². The Hall–Kier alpha value is -2.44. The van der Waals surface area contributed by atoms with Crippen LogP contribution in [0.3, 0.4) is 0 Å². The van der Waals surface area contributed by atoms with Crippen molar-refractivity contribution in [3.63, 3.8) is 0 Å². The van der Waals surface area contributed by atoms with Crippen molar-refractivity contribution in [3.05, 3.63) is 52.0 Å². The summed E-state index contributed by atoms with van der Waals surface area (Å²) in [5.74, 6) is -1.81. The van der Waals surface area contributed by atoms with Crippen LogP contribution in [0, 0.1) is 0 Å². The largest absolute Gasteiger partial charge is 0.508 e. The number of amides is 1. The first kappa shape index (κ1) is 17.9. The van der Waals surface area contributed by atoms with Crippen molar-refractivity contribution in [2.45, 2.75) is 13.0 Å². The summed E-state index contributed by atoms with van der Waals surface area (Å²) in [4.78, 5) is 23.4. The van der Waals surface area contributed by atoms with Gasteiger partial charge in [0.2, 0.25) is 0 Å². The Morgan fingerprint density at radius 1 is 1.17 bits per heavy atom. The van der Waals surface area contributed by atoms with Crippen LogP contribution in [-0.2, 0) is 4.79 Å². The Labute approximate surface area is 147 Å². The second kappa shape index (κ2) is 7.42. The molecule has 0 bridgehead atoms. The molecule has 0 fully saturated rings. The summed E-state index contributed by atoms with van der Waals surface area (Å²) in [5.41, 5.74) is -0.192. The van der Waals surface area contributed by atoms with Gasteiger partial charge < -0.3 is 20.3 Å². The first-order valence-corrected chi connectivity index (χ1v) is 7.52. The molecule has 0 aliphatic rings. The molecular formula is C16H13Cl2NO5. The second-order valence-electron chi connectivity index (χ2n) is 4.86. The molecule has 0 aliphatic heterocycles. The quantitative estimate of drug-likeness (QED) is 0.696. The van der Waals surface area contributed by atoms with Gasteiger partial charge in [-0.3, -0.25) is 4.79 Å². The molecule has 0 saturated carbocycles. The molecular weight excluding hydrogens is 357 g/mol. The lowest BCUT2D eigenvalue weighted by Gasteiger charge is -2.16. The molecule has 24 heavy (non-hydrogen) atoms. The van der Waals surface area contributed by atoms with Gasteiger partial charge in [0, 0.05) is 5.02 Å². The van der Waals surface area contributed by atoms with Gasteiger partial charge in [-0.05, 0) is 43.3 Å². The summed E-state index contributed by atoms with van der Waals surface area (Å²) >= 11 is 11.8. The molecule has 2 aromatic carbocycles. The van der Waals surface area contributed by atoms with Gasteiger partial charge in [0.1, 0.15) is 11.5 Å². The van der Waals surface area contributed by atoms with Crippen molar-refractivity contribution in [3.8, 4) is 11.5 Å². The van der Waals surface area contributed by atoms with E-state index in [1.54, 1.807) is 6.07 Å². The molecule has 0 aliphatic carbocycles. The number of nitrogens with one attached hydrogen (secondary N) is 1. The zero-order chi connectivity index (χ0) is 17.9. The number of phenolic OH excluding ortho intramolecular Hbond substituents is 1. The highest BCUT2D eigenvalue weighted by atomic mass is 35.5. The van der Waals surface area contributed by atoms with Gasteiger partial charge in [0.15, 0.2) is 6.10 Å². The van der Waals surface area contributed by atoms with Crippen LogP contribution in [0.15, 0.2) is 36.4 Å². The van der Waals surface area contributed by atoms with Crippen molar-refractivity contribution in [1.29, 1.82) is 0 Å². The third-order valence-electron chi connectivity index (χ3n) is 3.06. The predicted molar refractivity (Wildman–Crippen MR) is 90.2 cm³/mol. The van der Waals surface area contributed by atoms with Gasteiger partial charge in [-0.15, -0.1) is 0 Å². The molecule has 0 unspecified atom stereocenters. The van der Waals surface area contributed by atoms with Crippen molar-refractivity contribution >= 4 is 40.8 Å². The first-order chi connectivity index (χ1) is 11.3. The van der Waals surface area contributed by atoms with Crippen molar-refractivity contribution in [2.75, 3.05) is 5.32 Å². The number of rotatable bonds is 5. The lowest BCUT2D eigenvalue weighted by molar-refractivity contribution is -0.122. The summed E-state index contributed by atoms with van der Waals surface area (Å²) < 4.78 is 5.46. The Morgan fingerprint density at radius 3 is 2.50 bits per heavy atom. The third kappa shape index (κ3) is 4.31. The molecule has 0 radical (unpaired) electrons. The van der Waals surface area contributed by atoms with E-state index in [0.29, 0.717) is 5.02 Å². The summed E-state index contributed by atoms with van der Waals surface area (Å²) in [5, 5.41) is 21.6. The number of benzene rings is 2. The fourth-order valence-electron chi connectivity index (χ4n) is 1.87. The molecule has 1 atom stereocenters. The second-order valence-corrected chi connectivity index (χ2v) is 5.70. The maximum absolute atomic E-state index is 12.2. The Morgan fingerprint density at radius 2 is 1.88 bits per heavy atom. The smallest absolute Gasteiger partial charge is 0.337 e. The molecule has 0 saturated heterocycles.